The van der Waals surface area contributed by atoms with Gasteiger partial charge in [-0.1, -0.05) is 13.0 Å². The highest BCUT2D eigenvalue weighted by Crippen LogP contribution is 2.38. The minimum Gasteiger partial charge on any atom is -0.383 e. The molecule has 1 unspecified atom stereocenters. The van der Waals surface area contributed by atoms with Crippen molar-refractivity contribution in [3.63, 3.8) is 0 Å². The third kappa shape index (κ3) is 1.76. The minimum absolute atomic E-state index is 0.740. The van der Waals surface area contributed by atoms with Crippen LogP contribution in [0.25, 0.3) is 0 Å². The SMILES string of the molecule is CCC1CNc2c(C)cc(C)cc2S1. The van der Waals surface area contributed by atoms with E-state index in [9.17, 15) is 0 Å². The van der Waals surface area contributed by atoms with Gasteiger partial charge in [-0.3, -0.25) is 0 Å². The van der Waals surface area contributed by atoms with Gasteiger partial charge >= 0.3 is 0 Å². The van der Waals surface area contributed by atoms with Crippen molar-refractivity contribution >= 4 is 17.4 Å². The number of aryl methyl sites for hydroxylation is 2. The predicted molar refractivity (Wildman–Crippen MR) is 64.3 cm³/mol. The zero-order valence-electron chi connectivity index (χ0n) is 9.05. The van der Waals surface area contributed by atoms with Gasteiger partial charge in [-0.05, 0) is 37.5 Å². The Labute approximate surface area is 90.3 Å². The van der Waals surface area contributed by atoms with Crippen molar-refractivity contribution in [2.75, 3.05) is 11.9 Å². The van der Waals surface area contributed by atoms with Crippen LogP contribution in [-0.4, -0.2) is 11.8 Å². The van der Waals surface area contributed by atoms with Crippen molar-refractivity contribution in [1.82, 2.24) is 0 Å². The Morgan fingerprint density at radius 2 is 2.21 bits per heavy atom. The molecular weight excluding hydrogens is 190 g/mol. The molecule has 1 atom stereocenters. The largest absolute Gasteiger partial charge is 0.383 e. The van der Waals surface area contributed by atoms with E-state index in [1.54, 1.807) is 0 Å². The molecule has 1 heterocycles. The molecule has 2 heteroatoms. The van der Waals surface area contributed by atoms with E-state index in [-0.39, 0.29) is 0 Å². The molecule has 0 bridgehead atoms. The van der Waals surface area contributed by atoms with Gasteiger partial charge in [0.2, 0.25) is 0 Å². The molecule has 1 aromatic carbocycles. The monoisotopic (exact) mass is 207 g/mol. The van der Waals surface area contributed by atoms with Gasteiger partial charge in [0.05, 0.1) is 5.69 Å². The number of benzene rings is 1. The van der Waals surface area contributed by atoms with Gasteiger partial charge in [0.15, 0.2) is 0 Å². The minimum atomic E-state index is 0.740. The molecule has 0 amide bonds. The second kappa shape index (κ2) is 3.85. The maximum Gasteiger partial charge on any atom is 0.0508 e. The third-order valence-electron chi connectivity index (χ3n) is 2.70. The lowest BCUT2D eigenvalue weighted by Crippen LogP contribution is -2.21. The topological polar surface area (TPSA) is 12.0 Å². The van der Waals surface area contributed by atoms with Crippen LogP contribution < -0.4 is 5.32 Å². The molecule has 1 aromatic rings. The average molecular weight is 207 g/mol. The van der Waals surface area contributed by atoms with Crippen LogP contribution in [0.1, 0.15) is 24.5 Å². The second-order valence-corrected chi connectivity index (χ2v) is 5.33. The highest BCUT2D eigenvalue weighted by atomic mass is 32.2. The van der Waals surface area contributed by atoms with Gasteiger partial charge in [-0.15, -0.1) is 11.8 Å². The van der Waals surface area contributed by atoms with E-state index in [0.29, 0.717) is 0 Å². The van der Waals surface area contributed by atoms with E-state index in [1.807, 2.05) is 11.8 Å². The number of anilines is 1. The highest BCUT2D eigenvalue weighted by molar-refractivity contribution is 8.00. The van der Waals surface area contributed by atoms with Gasteiger partial charge in [0.25, 0.3) is 0 Å². The van der Waals surface area contributed by atoms with Crippen LogP contribution in [0, 0.1) is 13.8 Å². The molecule has 0 fully saturated rings. The average Bonchev–Trinajstić information content (AvgIpc) is 2.16. The Bertz CT molecular complexity index is 346. The van der Waals surface area contributed by atoms with Gasteiger partial charge in [-0.25, -0.2) is 0 Å². The van der Waals surface area contributed by atoms with Crippen LogP contribution >= 0.6 is 11.8 Å². The molecule has 0 radical (unpaired) electrons. The first-order valence-corrected chi connectivity index (χ1v) is 6.10. The first-order valence-electron chi connectivity index (χ1n) is 5.22. The van der Waals surface area contributed by atoms with E-state index in [2.05, 4.69) is 38.2 Å². The van der Waals surface area contributed by atoms with Gasteiger partial charge < -0.3 is 5.32 Å². The summed E-state index contributed by atoms with van der Waals surface area (Å²) in [6.07, 6.45) is 1.24. The van der Waals surface area contributed by atoms with Gasteiger partial charge in [-0.2, -0.15) is 0 Å². The summed E-state index contributed by atoms with van der Waals surface area (Å²) < 4.78 is 0. The molecule has 0 saturated carbocycles. The van der Waals surface area contributed by atoms with Crippen LogP contribution in [0.3, 0.4) is 0 Å². The summed E-state index contributed by atoms with van der Waals surface area (Å²) in [5, 5.41) is 4.28. The maximum atomic E-state index is 3.54. The van der Waals surface area contributed by atoms with E-state index in [0.717, 1.165) is 11.8 Å². The zero-order chi connectivity index (χ0) is 10.1. The van der Waals surface area contributed by atoms with Crippen molar-refractivity contribution in [3.05, 3.63) is 23.3 Å². The fraction of sp³-hybridized carbons (Fsp3) is 0.500. The highest BCUT2D eigenvalue weighted by Gasteiger charge is 2.18. The molecule has 1 nitrogen and oxygen atoms in total. The van der Waals surface area contributed by atoms with Crippen molar-refractivity contribution in [2.24, 2.45) is 0 Å². The molecule has 1 aliphatic rings. The lowest BCUT2D eigenvalue weighted by atomic mass is 10.1. The molecule has 14 heavy (non-hydrogen) atoms. The smallest absolute Gasteiger partial charge is 0.0508 e. The fourth-order valence-electron chi connectivity index (χ4n) is 1.91. The number of hydrogen-bond donors (Lipinski definition) is 1. The second-order valence-electron chi connectivity index (χ2n) is 3.98. The summed E-state index contributed by atoms with van der Waals surface area (Å²) in [4.78, 5) is 1.43. The number of rotatable bonds is 1. The fourth-order valence-corrected chi connectivity index (χ4v) is 3.21. The Morgan fingerprint density at radius 3 is 2.93 bits per heavy atom. The Morgan fingerprint density at radius 1 is 1.43 bits per heavy atom. The summed E-state index contributed by atoms with van der Waals surface area (Å²) in [5.74, 6) is 0. The third-order valence-corrected chi connectivity index (χ3v) is 4.11. The molecule has 2 rings (SSSR count). The van der Waals surface area contributed by atoms with Crippen LogP contribution in [0.5, 0.6) is 0 Å². The standard InChI is InChI=1S/C12H17NS/c1-4-10-7-13-12-9(3)5-8(2)6-11(12)14-10/h5-6,10,13H,4,7H2,1-3H3. The number of thioether (sulfide) groups is 1. The summed E-state index contributed by atoms with van der Waals surface area (Å²) in [6, 6.07) is 4.54. The molecule has 76 valence electrons. The summed E-state index contributed by atoms with van der Waals surface area (Å²) in [7, 11) is 0. The number of hydrogen-bond acceptors (Lipinski definition) is 2. The maximum absolute atomic E-state index is 3.54. The van der Waals surface area contributed by atoms with Crippen molar-refractivity contribution in [3.8, 4) is 0 Å². The lowest BCUT2D eigenvalue weighted by molar-refractivity contribution is 0.840. The first-order chi connectivity index (χ1) is 6.70. The zero-order valence-corrected chi connectivity index (χ0v) is 9.87. The van der Waals surface area contributed by atoms with E-state index >= 15 is 0 Å². The van der Waals surface area contributed by atoms with Crippen LogP contribution in [0.2, 0.25) is 0 Å². The number of nitrogens with one attached hydrogen (secondary N) is 1. The van der Waals surface area contributed by atoms with Crippen LogP contribution in [0.15, 0.2) is 17.0 Å². The Kier molecular flexibility index (Phi) is 2.73. The summed E-state index contributed by atoms with van der Waals surface area (Å²) >= 11 is 2.02. The summed E-state index contributed by atoms with van der Waals surface area (Å²) in [6.45, 7) is 7.72. The van der Waals surface area contributed by atoms with Crippen molar-refractivity contribution in [2.45, 2.75) is 37.3 Å². The van der Waals surface area contributed by atoms with E-state index in [4.69, 9.17) is 0 Å². The van der Waals surface area contributed by atoms with E-state index in [1.165, 1.54) is 28.1 Å². The molecule has 0 saturated heterocycles. The normalized spacial score (nSPS) is 20.1. The first kappa shape index (κ1) is 9.91. The molecule has 0 aromatic heterocycles. The Hall–Kier alpha value is -0.630. The molecular formula is C12H17NS. The van der Waals surface area contributed by atoms with Gasteiger partial charge in [0.1, 0.15) is 0 Å². The van der Waals surface area contributed by atoms with E-state index < -0.39 is 0 Å². The van der Waals surface area contributed by atoms with Crippen LogP contribution in [0.4, 0.5) is 5.69 Å². The predicted octanol–water partition coefficient (Wildman–Crippen LogP) is 3.60. The van der Waals surface area contributed by atoms with Gasteiger partial charge in [0, 0.05) is 16.7 Å². The molecule has 1 aliphatic heterocycles. The number of fused-ring (bicyclic) bond motifs is 1. The summed E-state index contributed by atoms with van der Waals surface area (Å²) in [5.41, 5.74) is 4.10. The quantitative estimate of drug-likeness (QED) is 0.755. The van der Waals surface area contributed by atoms with Crippen molar-refractivity contribution < 1.29 is 0 Å². The lowest BCUT2D eigenvalue weighted by Gasteiger charge is -2.26. The molecule has 1 N–H and O–H groups in total. The van der Waals surface area contributed by atoms with Crippen molar-refractivity contribution in [1.29, 1.82) is 0 Å². The molecule has 0 aliphatic carbocycles. The van der Waals surface area contributed by atoms with Crippen LogP contribution in [-0.2, 0) is 0 Å². The molecule has 0 spiro atoms. The Balaban J connectivity index is 2.37.